The van der Waals surface area contributed by atoms with E-state index >= 15 is 0 Å². The number of halogens is 1. The summed E-state index contributed by atoms with van der Waals surface area (Å²) in [6.07, 6.45) is 10.3. The predicted octanol–water partition coefficient (Wildman–Crippen LogP) is 5.22. The van der Waals surface area contributed by atoms with Gasteiger partial charge in [-0.25, -0.2) is 17.8 Å². The first kappa shape index (κ1) is 28.3. The molecule has 2 fully saturated rings. The van der Waals surface area contributed by atoms with Crippen molar-refractivity contribution in [1.82, 2.24) is 28.6 Å². The number of hydrogen-bond donors (Lipinski definition) is 1. The van der Waals surface area contributed by atoms with Crippen LogP contribution in [0.15, 0.2) is 91.5 Å². The Morgan fingerprint density at radius 2 is 1.68 bits per heavy atom. The summed E-state index contributed by atoms with van der Waals surface area (Å²) in [5, 5.41) is 1.05. The fourth-order valence-electron chi connectivity index (χ4n) is 6.57. The number of rotatable bonds is 7. The molecule has 44 heavy (non-hydrogen) atoms. The molecule has 2 aliphatic rings. The number of fused-ring (bicyclic) bond motifs is 1. The number of piperidine rings is 1. The molecule has 6 heterocycles. The Bertz CT molecular complexity index is 1960. The van der Waals surface area contributed by atoms with E-state index in [1.807, 2.05) is 35.1 Å². The number of sulfonamides is 1. The standard InChI is InChI=1S/C33H32FN7O2S/c1-2-44(42,43)41-14-11-33(12-15-41)21-39(22-33)18-23-5-7-24(8-6-23)31-27(26-4-3-13-36-32(26)35)19-40-20-29(38-17-30(31)40)28-10-9-25(34)16-37-28/h2-10,13,16-17,19-20H,1,11-12,14-15,18,21-22H2,(H2,35,36). The Kier molecular flexibility index (Phi) is 7.03. The van der Waals surface area contributed by atoms with Crippen molar-refractivity contribution in [3.8, 4) is 33.6 Å². The molecule has 1 aromatic carbocycles. The molecule has 0 amide bonds. The molecule has 2 saturated heterocycles. The molecule has 4 aromatic heterocycles. The lowest BCUT2D eigenvalue weighted by Crippen LogP contribution is -2.60. The first-order chi connectivity index (χ1) is 21.2. The number of benzene rings is 1. The van der Waals surface area contributed by atoms with Crippen molar-refractivity contribution >= 4 is 21.4 Å². The molecular formula is C33H32FN7O2S. The van der Waals surface area contributed by atoms with Gasteiger partial charge in [0.1, 0.15) is 17.3 Å². The molecule has 224 valence electrons. The minimum atomic E-state index is -3.34. The second kappa shape index (κ2) is 10.9. The molecule has 2 N–H and O–H groups in total. The van der Waals surface area contributed by atoms with Crippen LogP contribution in [-0.2, 0) is 16.6 Å². The minimum absolute atomic E-state index is 0.201. The molecule has 11 heteroatoms. The van der Waals surface area contributed by atoms with Crippen LogP contribution < -0.4 is 5.73 Å². The van der Waals surface area contributed by atoms with Crippen molar-refractivity contribution in [2.24, 2.45) is 5.41 Å². The van der Waals surface area contributed by atoms with E-state index in [1.54, 1.807) is 16.6 Å². The monoisotopic (exact) mass is 609 g/mol. The smallest absolute Gasteiger partial charge is 0.235 e. The normalized spacial score (nSPS) is 17.1. The molecule has 0 atom stereocenters. The van der Waals surface area contributed by atoms with Crippen LogP contribution in [0.4, 0.5) is 10.2 Å². The summed E-state index contributed by atoms with van der Waals surface area (Å²) in [5.74, 6) is 0.0426. The van der Waals surface area contributed by atoms with Crippen LogP contribution in [0, 0.1) is 11.2 Å². The highest BCUT2D eigenvalue weighted by molar-refractivity contribution is 7.92. The molecule has 1 spiro atoms. The van der Waals surface area contributed by atoms with Gasteiger partial charge in [0.2, 0.25) is 10.0 Å². The van der Waals surface area contributed by atoms with Gasteiger partial charge in [0.25, 0.3) is 0 Å². The predicted molar refractivity (Wildman–Crippen MR) is 169 cm³/mol. The Hall–Kier alpha value is -4.45. The van der Waals surface area contributed by atoms with E-state index in [0.717, 1.165) is 65.7 Å². The van der Waals surface area contributed by atoms with E-state index in [-0.39, 0.29) is 5.41 Å². The van der Waals surface area contributed by atoms with Gasteiger partial charge in [-0.05, 0) is 53.6 Å². The SMILES string of the molecule is C=CS(=O)(=O)N1CCC2(CC1)CN(Cc1ccc(-c3c(-c4cccnc4N)cn4cc(-c5ccc(F)cn5)ncc34)cc1)C2. The maximum absolute atomic E-state index is 13.5. The van der Waals surface area contributed by atoms with E-state index in [2.05, 4.69) is 50.7 Å². The lowest BCUT2D eigenvalue weighted by Gasteiger charge is -2.53. The molecule has 7 rings (SSSR count). The maximum atomic E-state index is 13.5. The van der Waals surface area contributed by atoms with Crippen LogP contribution in [0.5, 0.6) is 0 Å². The van der Waals surface area contributed by atoms with Gasteiger partial charge < -0.3 is 10.1 Å². The van der Waals surface area contributed by atoms with Crippen LogP contribution in [0.1, 0.15) is 18.4 Å². The van der Waals surface area contributed by atoms with Gasteiger partial charge in [-0.15, -0.1) is 0 Å². The molecule has 0 unspecified atom stereocenters. The lowest BCUT2D eigenvalue weighted by molar-refractivity contribution is -0.0392. The van der Waals surface area contributed by atoms with Crippen LogP contribution in [-0.4, -0.2) is 63.2 Å². The number of nitrogens with two attached hydrogens (primary N) is 1. The van der Waals surface area contributed by atoms with Gasteiger partial charge in [-0.2, -0.15) is 4.31 Å². The number of nitrogens with zero attached hydrogens (tertiary/aromatic N) is 6. The molecule has 0 radical (unpaired) electrons. The highest BCUT2D eigenvalue weighted by atomic mass is 32.2. The number of likely N-dealkylation sites (tertiary alicyclic amines) is 1. The van der Waals surface area contributed by atoms with Crippen molar-refractivity contribution in [2.75, 3.05) is 31.9 Å². The third-order valence-electron chi connectivity index (χ3n) is 8.90. The molecule has 0 saturated carbocycles. The molecule has 0 aliphatic carbocycles. The number of hydrogen-bond acceptors (Lipinski definition) is 7. The van der Waals surface area contributed by atoms with E-state index in [1.165, 1.54) is 17.8 Å². The van der Waals surface area contributed by atoms with Gasteiger partial charge in [-0.3, -0.25) is 14.9 Å². The van der Waals surface area contributed by atoms with Gasteiger partial charge in [0.15, 0.2) is 0 Å². The lowest BCUT2D eigenvalue weighted by atomic mass is 9.72. The molecule has 2 aliphatic heterocycles. The average molecular weight is 610 g/mol. The van der Waals surface area contributed by atoms with Gasteiger partial charge in [0.05, 0.1) is 23.6 Å². The van der Waals surface area contributed by atoms with Crippen LogP contribution in [0.2, 0.25) is 0 Å². The Balaban J connectivity index is 1.13. The fraction of sp³-hybridized carbons (Fsp3) is 0.242. The maximum Gasteiger partial charge on any atom is 0.235 e. The molecular weight excluding hydrogens is 577 g/mol. The van der Waals surface area contributed by atoms with Crippen molar-refractivity contribution in [2.45, 2.75) is 19.4 Å². The first-order valence-electron chi connectivity index (χ1n) is 14.5. The van der Waals surface area contributed by atoms with E-state index in [4.69, 9.17) is 5.73 Å². The van der Waals surface area contributed by atoms with Gasteiger partial charge in [0, 0.05) is 73.4 Å². The van der Waals surface area contributed by atoms with Crippen molar-refractivity contribution in [3.63, 3.8) is 0 Å². The Morgan fingerprint density at radius 1 is 0.932 bits per heavy atom. The highest BCUT2D eigenvalue weighted by Gasteiger charge is 2.45. The quantitative estimate of drug-likeness (QED) is 0.270. The van der Waals surface area contributed by atoms with Gasteiger partial charge in [-0.1, -0.05) is 30.8 Å². The van der Waals surface area contributed by atoms with Crippen LogP contribution in [0.25, 0.3) is 39.2 Å². The largest absolute Gasteiger partial charge is 0.383 e. The second-order valence-electron chi connectivity index (χ2n) is 11.7. The Labute approximate surface area is 255 Å². The number of aromatic nitrogens is 4. The van der Waals surface area contributed by atoms with E-state index in [9.17, 15) is 12.8 Å². The minimum Gasteiger partial charge on any atom is -0.383 e. The Morgan fingerprint density at radius 3 is 2.36 bits per heavy atom. The molecule has 9 nitrogen and oxygen atoms in total. The van der Waals surface area contributed by atoms with E-state index in [0.29, 0.717) is 30.3 Å². The topological polar surface area (TPSA) is 110 Å². The molecule has 0 bridgehead atoms. The highest BCUT2D eigenvalue weighted by Crippen LogP contribution is 2.42. The average Bonchev–Trinajstić information content (AvgIpc) is 3.40. The van der Waals surface area contributed by atoms with Crippen LogP contribution >= 0.6 is 0 Å². The summed E-state index contributed by atoms with van der Waals surface area (Å²) in [5.41, 5.74) is 13.6. The summed E-state index contributed by atoms with van der Waals surface area (Å²) in [6, 6.07) is 15.4. The third kappa shape index (κ3) is 5.17. The third-order valence-corrected chi connectivity index (χ3v) is 10.4. The van der Waals surface area contributed by atoms with Gasteiger partial charge >= 0.3 is 0 Å². The summed E-state index contributed by atoms with van der Waals surface area (Å²) < 4.78 is 41.3. The van der Waals surface area contributed by atoms with E-state index < -0.39 is 15.8 Å². The molecule has 5 aromatic rings. The van der Waals surface area contributed by atoms with Crippen molar-refractivity contribution in [1.29, 1.82) is 0 Å². The second-order valence-corrected chi connectivity index (χ2v) is 13.6. The number of pyridine rings is 2. The summed E-state index contributed by atoms with van der Waals surface area (Å²) in [4.78, 5) is 15.6. The summed E-state index contributed by atoms with van der Waals surface area (Å²) >= 11 is 0. The number of nitrogen functional groups attached to an aromatic ring is 1. The van der Waals surface area contributed by atoms with Crippen LogP contribution in [0.3, 0.4) is 0 Å². The van der Waals surface area contributed by atoms with Crippen molar-refractivity contribution in [3.05, 3.63) is 103 Å². The number of anilines is 1. The zero-order valence-corrected chi connectivity index (χ0v) is 24.9. The first-order valence-corrected chi connectivity index (χ1v) is 16.0. The fourth-order valence-corrected chi connectivity index (χ4v) is 7.47. The summed E-state index contributed by atoms with van der Waals surface area (Å²) in [7, 11) is -3.34. The van der Waals surface area contributed by atoms with Crippen molar-refractivity contribution < 1.29 is 12.8 Å². The zero-order chi connectivity index (χ0) is 30.5. The zero-order valence-electron chi connectivity index (χ0n) is 24.1. The summed E-state index contributed by atoms with van der Waals surface area (Å²) in [6.45, 7) is 7.36.